The van der Waals surface area contributed by atoms with Crippen LogP contribution < -0.4 is 9.46 Å². The molecule has 2 aliphatic rings. The van der Waals surface area contributed by atoms with Gasteiger partial charge >= 0.3 is 0 Å². The van der Waals surface area contributed by atoms with Crippen LogP contribution in [-0.4, -0.2) is 25.8 Å². The normalized spacial score (nSPS) is 15.7. The van der Waals surface area contributed by atoms with Crippen molar-refractivity contribution in [3.63, 3.8) is 0 Å². The molecule has 1 N–H and O–H groups in total. The van der Waals surface area contributed by atoms with Crippen LogP contribution in [0.4, 0.5) is 10.1 Å². The highest BCUT2D eigenvalue weighted by Crippen LogP contribution is 2.30. The van der Waals surface area contributed by atoms with Gasteiger partial charge in [-0.05, 0) is 70.7 Å². The van der Waals surface area contributed by atoms with Crippen molar-refractivity contribution in [2.24, 2.45) is 5.92 Å². The summed E-state index contributed by atoms with van der Waals surface area (Å²) in [6, 6.07) is 17.1. The number of nitrogens with zero attached hydrogens (tertiary/aromatic N) is 1. The Kier molecular flexibility index (Phi) is 9.98. The molecule has 0 radical (unpaired) electrons. The maximum absolute atomic E-state index is 14.9. The Morgan fingerprint density at radius 3 is 2.36 bits per heavy atom. The highest BCUT2D eigenvalue weighted by Gasteiger charge is 2.26. The van der Waals surface area contributed by atoms with Crippen LogP contribution in [0.1, 0.15) is 94.4 Å². The number of sulfonamides is 1. The molecule has 5 rings (SSSR count). The number of benzene rings is 3. The largest absolute Gasteiger partial charge is 0.493 e. The van der Waals surface area contributed by atoms with E-state index in [1.54, 1.807) is 23.1 Å². The van der Waals surface area contributed by atoms with Crippen molar-refractivity contribution < 1.29 is 22.3 Å². The minimum atomic E-state index is -4.04. The summed E-state index contributed by atoms with van der Waals surface area (Å²) in [5.41, 5.74) is 3.75. The van der Waals surface area contributed by atoms with Gasteiger partial charge in [-0.3, -0.25) is 9.52 Å². The third-order valence-corrected chi connectivity index (χ3v) is 10.3. The van der Waals surface area contributed by atoms with Crippen LogP contribution in [0.2, 0.25) is 0 Å². The first-order valence-electron chi connectivity index (χ1n) is 15.9. The topological polar surface area (TPSA) is 75.7 Å². The summed E-state index contributed by atoms with van der Waals surface area (Å²) < 4.78 is 49.3. The summed E-state index contributed by atoms with van der Waals surface area (Å²) in [4.78, 5) is 14.8. The smallest absolute Gasteiger partial charge is 0.261 e. The predicted molar refractivity (Wildman–Crippen MR) is 173 cm³/mol. The fraction of sp³-hybridized carbons (Fsp3) is 0.472. The first-order chi connectivity index (χ1) is 21.0. The number of amides is 1. The van der Waals surface area contributed by atoms with Crippen LogP contribution in [0.3, 0.4) is 0 Å². The van der Waals surface area contributed by atoms with E-state index in [0.717, 1.165) is 35.4 Å². The molecule has 3 aromatic rings. The monoisotopic (exact) mass is 620 g/mol. The Bertz CT molecular complexity index is 1560. The molecule has 1 saturated carbocycles. The van der Waals surface area contributed by atoms with Gasteiger partial charge in [-0.15, -0.1) is 0 Å². The van der Waals surface area contributed by atoms with Crippen molar-refractivity contribution in [3.05, 3.63) is 88.7 Å². The van der Waals surface area contributed by atoms with Crippen molar-refractivity contribution in [1.29, 1.82) is 0 Å². The fourth-order valence-corrected chi connectivity index (χ4v) is 7.31. The minimum Gasteiger partial charge on any atom is -0.493 e. The summed E-state index contributed by atoms with van der Waals surface area (Å²) >= 11 is 0. The third kappa shape index (κ3) is 8.20. The Labute approximate surface area is 262 Å². The summed E-state index contributed by atoms with van der Waals surface area (Å²) in [5, 5.41) is 0. The molecular weight excluding hydrogens is 575 g/mol. The number of carbonyl (C=O) groups is 1. The zero-order chi connectivity index (χ0) is 31.3. The molecular formula is C36H45FN2O4S. The molecule has 1 aliphatic carbocycles. The van der Waals surface area contributed by atoms with E-state index in [1.807, 2.05) is 12.1 Å². The average Bonchev–Trinajstić information content (AvgIpc) is 3.43. The molecule has 1 aliphatic heterocycles. The first kappa shape index (κ1) is 32.0. The van der Waals surface area contributed by atoms with Gasteiger partial charge < -0.3 is 9.64 Å². The van der Waals surface area contributed by atoms with Crippen LogP contribution in [0.15, 0.2) is 65.6 Å². The van der Waals surface area contributed by atoms with Gasteiger partial charge in [0, 0.05) is 19.2 Å². The Hall–Kier alpha value is -3.39. The molecule has 0 saturated heterocycles. The van der Waals surface area contributed by atoms with E-state index in [0.29, 0.717) is 25.4 Å². The van der Waals surface area contributed by atoms with Crippen LogP contribution in [0, 0.1) is 11.7 Å². The predicted octanol–water partition coefficient (Wildman–Crippen LogP) is 8.14. The molecule has 1 heterocycles. The molecule has 6 nitrogen and oxygen atoms in total. The van der Waals surface area contributed by atoms with Crippen LogP contribution in [-0.2, 0) is 39.7 Å². The maximum Gasteiger partial charge on any atom is 0.261 e. The van der Waals surface area contributed by atoms with Gasteiger partial charge in [0.15, 0.2) is 5.82 Å². The molecule has 0 spiro atoms. The molecule has 0 atom stereocenters. The zero-order valence-electron chi connectivity index (χ0n) is 26.2. The maximum atomic E-state index is 14.9. The number of fused-ring (bicyclic) bond motifs is 1. The number of hydrogen-bond donors (Lipinski definition) is 1. The SMILES string of the molecule is CC(C)(C)c1ccc(CC(=O)N2Cc3ccc(S(=O)(=O)Nc4ccc(OCCCCC5CCCCC5)cc4F)cc3C2)cc1. The second kappa shape index (κ2) is 13.7. The molecule has 3 aromatic carbocycles. The third-order valence-electron chi connectivity index (χ3n) is 8.92. The zero-order valence-corrected chi connectivity index (χ0v) is 27.0. The van der Waals surface area contributed by atoms with Gasteiger partial charge in [-0.25, -0.2) is 12.8 Å². The number of ether oxygens (including phenoxy) is 1. The Morgan fingerprint density at radius 2 is 1.66 bits per heavy atom. The number of halogens is 1. The van der Waals surface area contributed by atoms with E-state index in [9.17, 15) is 17.6 Å². The first-order valence-corrected chi connectivity index (χ1v) is 17.4. The van der Waals surface area contributed by atoms with E-state index in [2.05, 4.69) is 37.6 Å². The summed E-state index contributed by atoms with van der Waals surface area (Å²) in [5.74, 6) is 0.515. The van der Waals surface area contributed by atoms with Crippen LogP contribution in [0.5, 0.6) is 5.75 Å². The molecule has 1 amide bonds. The number of hydrogen-bond acceptors (Lipinski definition) is 4. The average molecular weight is 621 g/mol. The number of rotatable bonds is 11. The standard InChI is InChI=1S/C36H45FN2O4S/c1-36(2,3)30-15-12-27(13-16-30)21-35(40)39-24-28-14-18-32(22-29(28)25-39)44(41,42)38-34-19-17-31(23-33(34)37)43-20-8-7-11-26-9-5-4-6-10-26/h12-19,22-23,26,38H,4-11,20-21,24-25H2,1-3H3. The highest BCUT2D eigenvalue weighted by molar-refractivity contribution is 7.92. The van der Waals surface area contributed by atoms with E-state index in [1.165, 1.54) is 62.3 Å². The van der Waals surface area contributed by atoms with Gasteiger partial charge in [-0.1, -0.05) is 89.6 Å². The molecule has 8 heteroatoms. The summed E-state index contributed by atoms with van der Waals surface area (Å²) in [6.45, 7) is 7.73. The van der Waals surface area contributed by atoms with Crippen molar-refractivity contribution in [1.82, 2.24) is 4.90 Å². The molecule has 44 heavy (non-hydrogen) atoms. The lowest BCUT2D eigenvalue weighted by atomic mass is 9.86. The van der Waals surface area contributed by atoms with E-state index in [-0.39, 0.29) is 28.3 Å². The van der Waals surface area contributed by atoms with Gasteiger partial charge in [-0.2, -0.15) is 0 Å². The van der Waals surface area contributed by atoms with Crippen LogP contribution >= 0.6 is 0 Å². The lowest BCUT2D eigenvalue weighted by Crippen LogP contribution is -2.26. The van der Waals surface area contributed by atoms with Gasteiger partial charge in [0.1, 0.15) is 5.75 Å². The van der Waals surface area contributed by atoms with Crippen molar-refractivity contribution in [2.45, 2.75) is 102 Å². The van der Waals surface area contributed by atoms with E-state index < -0.39 is 15.8 Å². The van der Waals surface area contributed by atoms with E-state index >= 15 is 0 Å². The van der Waals surface area contributed by atoms with Crippen molar-refractivity contribution in [3.8, 4) is 5.75 Å². The van der Waals surface area contributed by atoms with Crippen molar-refractivity contribution >= 4 is 21.6 Å². The number of nitrogens with one attached hydrogen (secondary N) is 1. The quantitative estimate of drug-likeness (QED) is 0.220. The Morgan fingerprint density at radius 1 is 0.932 bits per heavy atom. The second-order valence-corrected chi connectivity index (χ2v) is 15.1. The van der Waals surface area contributed by atoms with Gasteiger partial charge in [0.25, 0.3) is 10.0 Å². The number of unbranched alkanes of at least 4 members (excludes halogenated alkanes) is 1. The Balaban J connectivity index is 1.13. The van der Waals surface area contributed by atoms with Gasteiger partial charge in [0.05, 0.1) is 23.6 Å². The molecule has 0 bridgehead atoms. The molecule has 0 aromatic heterocycles. The number of carbonyl (C=O) groups excluding carboxylic acids is 1. The molecule has 0 unspecified atom stereocenters. The summed E-state index contributed by atoms with van der Waals surface area (Å²) in [7, 11) is -4.04. The highest BCUT2D eigenvalue weighted by atomic mass is 32.2. The lowest BCUT2D eigenvalue weighted by Gasteiger charge is -2.21. The lowest BCUT2D eigenvalue weighted by molar-refractivity contribution is -0.131. The number of anilines is 1. The molecule has 236 valence electrons. The van der Waals surface area contributed by atoms with Gasteiger partial charge in [0.2, 0.25) is 5.91 Å². The molecule has 1 fully saturated rings. The second-order valence-electron chi connectivity index (χ2n) is 13.4. The van der Waals surface area contributed by atoms with Crippen LogP contribution in [0.25, 0.3) is 0 Å². The van der Waals surface area contributed by atoms with Crippen molar-refractivity contribution in [2.75, 3.05) is 11.3 Å². The fourth-order valence-electron chi connectivity index (χ4n) is 6.20. The minimum absolute atomic E-state index is 0.0131. The summed E-state index contributed by atoms with van der Waals surface area (Å²) in [6.07, 6.45) is 10.2. The van der Waals surface area contributed by atoms with E-state index in [4.69, 9.17) is 4.74 Å².